The SMILES string of the molecule is COc1cc2c(c(OC)c1)CC(=O)CC2. The highest BCUT2D eigenvalue weighted by atomic mass is 16.5. The van der Waals surface area contributed by atoms with Gasteiger partial charge in [0.25, 0.3) is 0 Å². The van der Waals surface area contributed by atoms with Crippen molar-refractivity contribution in [2.45, 2.75) is 19.3 Å². The first-order chi connectivity index (χ1) is 7.24. The molecular formula is C12H14O3. The van der Waals surface area contributed by atoms with Gasteiger partial charge in [0.15, 0.2) is 0 Å². The van der Waals surface area contributed by atoms with E-state index in [-0.39, 0.29) is 5.78 Å². The summed E-state index contributed by atoms with van der Waals surface area (Å²) in [5.74, 6) is 1.84. The number of ether oxygens (including phenoxy) is 2. The van der Waals surface area contributed by atoms with Crippen LogP contribution in [-0.4, -0.2) is 20.0 Å². The van der Waals surface area contributed by atoms with Crippen molar-refractivity contribution in [3.63, 3.8) is 0 Å². The predicted octanol–water partition coefficient (Wildman–Crippen LogP) is 1.76. The van der Waals surface area contributed by atoms with Crippen LogP contribution >= 0.6 is 0 Å². The Bertz CT molecular complexity index is 379. The van der Waals surface area contributed by atoms with Crippen LogP contribution in [0.3, 0.4) is 0 Å². The minimum Gasteiger partial charge on any atom is -0.497 e. The third-order valence-electron chi connectivity index (χ3n) is 2.78. The Morgan fingerprint density at radius 2 is 1.93 bits per heavy atom. The fourth-order valence-corrected chi connectivity index (χ4v) is 1.96. The molecule has 3 nitrogen and oxygen atoms in total. The third-order valence-corrected chi connectivity index (χ3v) is 2.78. The minimum absolute atomic E-state index is 0.283. The molecular weight excluding hydrogens is 192 g/mol. The first kappa shape index (κ1) is 10.0. The highest BCUT2D eigenvalue weighted by Gasteiger charge is 2.20. The Morgan fingerprint density at radius 3 is 2.60 bits per heavy atom. The van der Waals surface area contributed by atoms with Crippen molar-refractivity contribution >= 4 is 5.78 Å². The minimum atomic E-state index is 0.283. The first-order valence-corrected chi connectivity index (χ1v) is 5.00. The van der Waals surface area contributed by atoms with Gasteiger partial charge >= 0.3 is 0 Å². The van der Waals surface area contributed by atoms with E-state index in [0.717, 1.165) is 23.5 Å². The molecule has 0 N–H and O–H groups in total. The van der Waals surface area contributed by atoms with Crippen molar-refractivity contribution in [3.05, 3.63) is 23.3 Å². The second kappa shape index (κ2) is 3.93. The molecule has 0 saturated heterocycles. The zero-order chi connectivity index (χ0) is 10.8. The van der Waals surface area contributed by atoms with Gasteiger partial charge in [-0.05, 0) is 18.1 Å². The Balaban J connectivity index is 2.49. The highest BCUT2D eigenvalue weighted by molar-refractivity contribution is 5.84. The molecule has 3 heteroatoms. The van der Waals surface area contributed by atoms with E-state index in [1.54, 1.807) is 14.2 Å². The second-order valence-corrected chi connectivity index (χ2v) is 3.68. The summed E-state index contributed by atoms with van der Waals surface area (Å²) < 4.78 is 10.5. The molecule has 0 spiro atoms. The summed E-state index contributed by atoms with van der Waals surface area (Å²) in [5, 5.41) is 0. The van der Waals surface area contributed by atoms with Gasteiger partial charge in [-0.3, -0.25) is 4.79 Å². The van der Waals surface area contributed by atoms with E-state index in [1.807, 2.05) is 12.1 Å². The molecule has 0 bridgehead atoms. The fraction of sp³-hybridized carbons (Fsp3) is 0.417. The van der Waals surface area contributed by atoms with Gasteiger partial charge in [0.1, 0.15) is 17.3 Å². The zero-order valence-corrected chi connectivity index (χ0v) is 9.00. The van der Waals surface area contributed by atoms with Gasteiger partial charge in [-0.1, -0.05) is 0 Å². The molecule has 0 atom stereocenters. The van der Waals surface area contributed by atoms with Crippen LogP contribution in [0.1, 0.15) is 17.5 Å². The number of Topliss-reactive ketones (excluding diaryl/α,β-unsaturated/α-hetero) is 1. The quantitative estimate of drug-likeness (QED) is 0.739. The number of hydrogen-bond donors (Lipinski definition) is 0. The molecule has 80 valence electrons. The maximum absolute atomic E-state index is 11.4. The van der Waals surface area contributed by atoms with Crippen molar-refractivity contribution in [2.24, 2.45) is 0 Å². The number of rotatable bonds is 2. The maximum Gasteiger partial charge on any atom is 0.137 e. The number of carbonyl (C=O) groups is 1. The normalized spacial score (nSPS) is 14.7. The van der Waals surface area contributed by atoms with Crippen LogP contribution in [0.25, 0.3) is 0 Å². The summed E-state index contributed by atoms with van der Waals surface area (Å²) in [7, 11) is 3.25. The van der Waals surface area contributed by atoms with Crippen LogP contribution in [-0.2, 0) is 17.6 Å². The lowest BCUT2D eigenvalue weighted by molar-refractivity contribution is -0.118. The summed E-state index contributed by atoms with van der Waals surface area (Å²) >= 11 is 0. The monoisotopic (exact) mass is 206 g/mol. The number of fused-ring (bicyclic) bond motifs is 1. The van der Waals surface area contributed by atoms with Gasteiger partial charge in [0.2, 0.25) is 0 Å². The van der Waals surface area contributed by atoms with Crippen LogP contribution < -0.4 is 9.47 Å². The molecule has 1 aromatic carbocycles. The summed E-state index contributed by atoms with van der Waals surface area (Å²) in [5.41, 5.74) is 2.19. The second-order valence-electron chi connectivity index (χ2n) is 3.68. The molecule has 2 rings (SSSR count). The molecule has 0 radical (unpaired) electrons. The van der Waals surface area contributed by atoms with E-state index in [4.69, 9.17) is 9.47 Å². The molecule has 0 saturated carbocycles. The topological polar surface area (TPSA) is 35.5 Å². The summed E-state index contributed by atoms with van der Waals surface area (Å²) in [6.45, 7) is 0. The average Bonchev–Trinajstić information content (AvgIpc) is 2.27. The zero-order valence-electron chi connectivity index (χ0n) is 9.00. The Hall–Kier alpha value is -1.51. The lowest BCUT2D eigenvalue weighted by Gasteiger charge is -2.19. The van der Waals surface area contributed by atoms with Crippen LogP contribution in [0.2, 0.25) is 0 Å². The molecule has 0 aliphatic heterocycles. The average molecular weight is 206 g/mol. The number of benzene rings is 1. The van der Waals surface area contributed by atoms with E-state index in [1.165, 1.54) is 5.56 Å². The first-order valence-electron chi connectivity index (χ1n) is 5.00. The Labute approximate surface area is 89.0 Å². The van der Waals surface area contributed by atoms with Gasteiger partial charge in [0.05, 0.1) is 14.2 Å². The molecule has 0 heterocycles. The number of aryl methyl sites for hydroxylation is 1. The van der Waals surface area contributed by atoms with Gasteiger partial charge < -0.3 is 9.47 Å². The number of methoxy groups -OCH3 is 2. The smallest absolute Gasteiger partial charge is 0.137 e. The molecule has 15 heavy (non-hydrogen) atoms. The third kappa shape index (κ3) is 1.82. The van der Waals surface area contributed by atoms with Gasteiger partial charge in [0, 0.05) is 24.5 Å². The van der Waals surface area contributed by atoms with Gasteiger partial charge in [-0.15, -0.1) is 0 Å². The summed E-state index contributed by atoms with van der Waals surface area (Å²) in [4.78, 5) is 11.4. The van der Waals surface area contributed by atoms with Crippen molar-refractivity contribution in [2.75, 3.05) is 14.2 Å². The summed E-state index contributed by atoms with van der Waals surface area (Å²) in [6.07, 6.45) is 1.91. The lowest BCUT2D eigenvalue weighted by atomic mass is 9.90. The van der Waals surface area contributed by atoms with E-state index < -0.39 is 0 Å². The Morgan fingerprint density at radius 1 is 1.13 bits per heavy atom. The molecule has 1 aromatic rings. The van der Waals surface area contributed by atoms with Gasteiger partial charge in [-0.25, -0.2) is 0 Å². The molecule has 1 aliphatic rings. The lowest BCUT2D eigenvalue weighted by Crippen LogP contribution is -2.14. The van der Waals surface area contributed by atoms with E-state index in [9.17, 15) is 4.79 Å². The van der Waals surface area contributed by atoms with E-state index >= 15 is 0 Å². The van der Waals surface area contributed by atoms with E-state index in [0.29, 0.717) is 12.8 Å². The largest absolute Gasteiger partial charge is 0.497 e. The maximum atomic E-state index is 11.4. The van der Waals surface area contributed by atoms with Crippen LogP contribution in [0, 0.1) is 0 Å². The molecule has 0 amide bonds. The summed E-state index contributed by atoms with van der Waals surface area (Å²) in [6, 6.07) is 3.82. The fourth-order valence-electron chi connectivity index (χ4n) is 1.96. The van der Waals surface area contributed by atoms with Crippen molar-refractivity contribution in [3.8, 4) is 11.5 Å². The molecule has 0 fully saturated rings. The number of ketones is 1. The molecule has 0 unspecified atom stereocenters. The van der Waals surface area contributed by atoms with Crippen LogP contribution in [0.4, 0.5) is 0 Å². The van der Waals surface area contributed by atoms with E-state index in [2.05, 4.69) is 0 Å². The van der Waals surface area contributed by atoms with Gasteiger partial charge in [-0.2, -0.15) is 0 Å². The number of hydrogen-bond acceptors (Lipinski definition) is 3. The van der Waals surface area contributed by atoms with Crippen molar-refractivity contribution in [1.29, 1.82) is 0 Å². The highest BCUT2D eigenvalue weighted by Crippen LogP contribution is 2.32. The number of carbonyl (C=O) groups excluding carboxylic acids is 1. The van der Waals surface area contributed by atoms with Crippen LogP contribution in [0.15, 0.2) is 12.1 Å². The standard InChI is InChI=1S/C12H14O3/c1-14-10-5-8-3-4-9(13)6-11(8)12(7-10)15-2/h5,7H,3-4,6H2,1-2H3. The molecule has 1 aliphatic carbocycles. The predicted molar refractivity (Wildman–Crippen MR) is 56.6 cm³/mol. The van der Waals surface area contributed by atoms with Crippen LogP contribution in [0.5, 0.6) is 11.5 Å². The molecule has 0 aromatic heterocycles. The Kier molecular flexibility index (Phi) is 2.62. The van der Waals surface area contributed by atoms with Crippen molar-refractivity contribution in [1.82, 2.24) is 0 Å². The van der Waals surface area contributed by atoms with Crippen molar-refractivity contribution < 1.29 is 14.3 Å².